The molecule has 0 aromatic heterocycles. The topological polar surface area (TPSA) is 81.9 Å². The lowest BCUT2D eigenvalue weighted by Crippen LogP contribution is -2.48. The minimum atomic E-state index is -0.641. The van der Waals surface area contributed by atoms with Crippen molar-refractivity contribution >= 4 is 11.8 Å². The van der Waals surface area contributed by atoms with Crippen molar-refractivity contribution in [3.63, 3.8) is 0 Å². The lowest BCUT2D eigenvalue weighted by Gasteiger charge is -2.34. The fourth-order valence-electron chi connectivity index (χ4n) is 4.02. The number of amides is 2. The minimum Gasteiger partial charge on any atom is -0.496 e. The molecule has 6 heteroatoms. The van der Waals surface area contributed by atoms with E-state index in [4.69, 9.17) is 15.2 Å². The maximum Gasteiger partial charge on any atom is 0.246 e. The van der Waals surface area contributed by atoms with Crippen LogP contribution in [0.25, 0.3) is 0 Å². The van der Waals surface area contributed by atoms with Gasteiger partial charge in [-0.05, 0) is 31.4 Å². The van der Waals surface area contributed by atoms with Crippen LogP contribution in [-0.2, 0) is 20.7 Å². The van der Waals surface area contributed by atoms with Gasteiger partial charge >= 0.3 is 0 Å². The van der Waals surface area contributed by atoms with Gasteiger partial charge in [0, 0.05) is 31.7 Å². The van der Waals surface area contributed by atoms with Gasteiger partial charge in [0.15, 0.2) is 0 Å². The lowest BCUT2D eigenvalue weighted by atomic mass is 9.74. The summed E-state index contributed by atoms with van der Waals surface area (Å²) >= 11 is 0. The van der Waals surface area contributed by atoms with Gasteiger partial charge in [-0.25, -0.2) is 0 Å². The smallest absolute Gasteiger partial charge is 0.246 e. The molecule has 2 atom stereocenters. The van der Waals surface area contributed by atoms with Crippen LogP contribution < -0.4 is 10.5 Å². The molecule has 2 N–H and O–H groups in total. The minimum absolute atomic E-state index is 0.0133. The van der Waals surface area contributed by atoms with Crippen LogP contribution in [-0.4, -0.2) is 50.1 Å². The zero-order valence-electron chi connectivity index (χ0n) is 15.4. The number of allylic oxidation sites excluding steroid dienone is 1. The van der Waals surface area contributed by atoms with Crippen LogP contribution in [0.15, 0.2) is 35.9 Å². The van der Waals surface area contributed by atoms with Crippen LogP contribution in [0.2, 0.25) is 0 Å². The molecule has 1 aromatic rings. The number of benzene rings is 1. The number of likely N-dealkylation sites (tertiary alicyclic amines) is 1. The highest BCUT2D eigenvalue weighted by Crippen LogP contribution is 2.42. The fourth-order valence-corrected chi connectivity index (χ4v) is 4.02. The Morgan fingerprint density at radius 2 is 2.19 bits per heavy atom. The third-order valence-electron chi connectivity index (χ3n) is 5.54. The predicted octanol–water partition coefficient (Wildman–Crippen LogP) is 1.53. The number of fused-ring (bicyclic) bond motifs is 1. The monoisotopic (exact) mass is 358 g/mol. The molecule has 2 saturated heterocycles. The highest BCUT2D eigenvalue weighted by Gasteiger charge is 2.53. The number of nitrogens with zero attached hydrogens (tertiary/aromatic N) is 1. The van der Waals surface area contributed by atoms with Crippen molar-refractivity contribution in [3.8, 4) is 5.75 Å². The van der Waals surface area contributed by atoms with E-state index >= 15 is 0 Å². The van der Waals surface area contributed by atoms with E-state index in [1.165, 1.54) is 0 Å². The Balaban J connectivity index is 1.71. The van der Waals surface area contributed by atoms with Crippen molar-refractivity contribution in [2.24, 2.45) is 17.1 Å². The van der Waals surface area contributed by atoms with Crippen LogP contribution in [0.4, 0.5) is 0 Å². The molecule has 2 amide bonds. The highest BCUT2D eigenvalue weighted by molar-refractivity contribution is 5.90. The third kappa shape index (κ3) is 3.46. The molecule has 26 heavy (non-hydrogen) atoms. The van der Waals surface area contributed by atoms with Gasteiger partial charge in [0.25, 0.3) is 0 Å². The van der Waals surface area contributed by atoms with E-state index in [-0.39, 0.29) is 17.7 Å². The van der Waals surface area contributed by atoms with Crippen molar-refractivity contribution in [2.45, 2.75) is 19.8 Å². The largest absolute Gasteiger partial charge is 0.496 e. The average molecular weight is 358 g/mol. The van der Waals surface area contributed by atoms with Gasteiger partial charge in [-0.15, -0.1) is 0 Å². The highest BCUT2D eigenvalue weighted by atomic mass is 16.5. The van der Waals surface area contributed by atoms with E-state index in [1.54, 1.807) is 18.1 Å². The molecule has 0 radical (unpaired) electrons. The second kappa shape index (κ2) is 7.50. The molecule has 3 rings (SSSR count). The molecule has 2 heterocycles. The molecule has 0 aliphatic carbocycles. The first-order chi connectivity index (χ1) is 12.5. The zero-order chi connectivity index (χ0) is 18.7. The molecule has 2 aliphatic heterocycles. The first kappa shape index (κ1) is 18.5. The summed E-state index contributed by atoms with van der Waals surface area (Å²) < 4.78 is 10.9. The third-order valence-corrected chi connectivity index (χ3v) is 5.54. The van der Waals surface area contributed by atoms with Gasteiger partial charge in [-0.1, -0.05) is 23.8 Å². The van der Waals surface area contributed by atoms with Gasteiger partial charge in [0.1, 0.15) is 5.75 Å². The predicted molar refractivity (Wildman–Crippen MR) is 97.6 cm³/mol. The summed E-state index contributed by atoms with van der Waals surface area (Å²) in [4.78, 5) is 26.5. The number of carbonyl (C=O) groups is 2. The lowest BCUT2D eigenvalue weighted by molar-refractivity contribution is -0.136. The van der Waals surface area contributed by atoms with Crippen molar-refractivity contribution in [3.05, 3.63) is 41.5 Å². The fraction of sp³-hybridized carbons (Fsp3) is 0.500. The molecule has 0 unspecified atom stereocenters. The van der Waals surface area contributed by atoms with Gasteiger partial charge < -0.3 is 20.1 Å². The number of primary amides is 1. The number of ether oxygens (including phenoxy) is 2. The van der Waals surface area contributed by atoms with Gasteiger partial charge in [-0.3, -0.25) is 9.59 Å². The summed E-state index contributed by atoms with van der Waals surface area (Å²) in [6.07, 6.45) is 2.87. The van der Waals surface area contributed by atoms with Gasteiger partial charge in [0.05, 0.1) is 19.1 Å². The average Bonchev–Trinajstić information content (AvgIpc) is 3.03. The first-order valence-electron chi connectivity index (χ1n) is 8.92. The maximum absolute atomic E-state index is 12.7. The number of hydrogen-bond acceptors (Lipinski definition) is 4. The Morgan fingerprint density at radius 1 is 1.42 bits per heavy atom. The molecule has 140 valence electrons. The van der Waals surface area contributed by atoms with E-state index in [0.29, 0.717) is 39.1 Å². The number of para-hydroxylation sites is 1. The van der Waals surface area contributed by atoms with Gasteiger partial charge in [0.2, 0.25) is 11.8 Å². The summed E-state index contributed by atoms with van der Waals surface area (Å²) in [6.45, 7) is 3.83. The second-order valence-electron chi connectivity index (χ2n) is 7.24. The van der Waals surface area contributed by atoms with Crippen molar-refractivity contribution in [2.75, 3.05) is 33.4 Å². The summed E-state index contributed by atoms with van der Waals surface area (Å²) in [7, 11) is 1.64. The van der Waals surface area contributed by atoms with Crippen molar-refractivity contribution in [1.82, 2.24) is 4.90 Å². The van der Waals surface area contributed by atoms with Crippen LogP contribution in [0.5, 0.6) is 5.75 Å². The van der Waals surface area contributed by atoms with E-state index < -0.39 is 5.41 Å². The molecule has 0 spiro atoms. The van der Waals surface area contributed by atoms with Crippen molar-refractivity contribution in [1.29, 1.82) is 0 Å². The van der Waals surface area contributed by atoms with Crippen LogP contribution in [0, 0.1) is 11.3 Å². The summed E-state index contributed by atoms with van der Waals surface area (Å²) in [5.74, 6) is 0.397. The van der Waals surface area contributed by atoms with E-state index in [2.05, 4.69) is 0 Å². The number of carbonyl (C=O) groups excluding carboxylic acids is 2. The molecule has 2 fully saturated rings. The SMILES string of the molecule is COc1ccccc1C/C(C)=C/C(=O)N1C[C@@H]2COCC[C@]2(C(N)=O)C1. The Bertz CT molecular complexity index is 730. The molecule has 2 aliphatic rings. The molecule has 0 bridgehead atoms. The van der Waals surface area contributed by atoms with E-state index in [1.807, 2.05) is 31.2 Å². The van der Waals surface area contributed by atoms with Crippen molar-refractivity contribution < 1.29 is 19.1 Å². The first-order valence-corrected chi connectivity index (χ1v) is 8.92. The molecular weight excluding hydrogens is 332 g/mol. The Hall–Kier alpha value is -2.34. The summed E-state index contributed by atoms with van der Waals surface area (Å²) in [5.41, 5.74) is 7.02. The molecule has 6 nitrogen and oxygen atoms in total. The quantitative estimate of drug-likeness (QED) is 0.810. The second-order valence-corrected chi connectivity index (χ2v) is 7.24. The van der Waals surface area contributed by atoms with E-state index in [9.17, 15) is 9.59 Å². The molecule has 0 saturated carbocycles. The van der Waals surface area contributed by atoms with Crippen LogP contribution in [0.3, 0.4) is 0 Å². The number of nitrogens with two attached hydrogens (primary N) is 1. The normalized spacial score (nSPS) is 25.7. The van der Waals surface area contributed by atoms with E-state index in [0.717, 1.165) is 16.9 Å². The number of methoxy groups -OCH3 is 1. The van der Waals surface area contributed by atoms with Crippen LogP contribution >= 0.6 is 0 Å². The number of hydrogen-bond donors (Lipinski definition) is 1. The summed E-state index contributed by atoms with van der Waals surface area (Å²) in [6, 6.07) is 7.77. The molecular formula is C20H26N2O4. The Labute approximate surface area is 153 Å². The Morgan fingerprint density at radius 3 is 2.88 bits per heavy atom. The Kier molecular flexibility index (Phi) is 5.32. The summed E-state index contributed by atoms with van der Waals surface area (Å²) in [5, 5.41) is 0. The zero-order valence-corrected chi connectivity index (χ0v) is 15.4. The standard InChI is InChI=1S/C20H26N2O4/c1-14(9-15-5-3-4-6-17(15)25-2)10-18(23)22-11-16-12-26-8-7-20(16,13-22)19(21)24/h3-6,10,16H,7-9,11-13H2,1-2H3,(H2,21,24)/b14-10+/t16-,20+/m1/s1. The molecule has 1 aromatic carbocycles. The maximum atomic E-state index is 12.7. The van der Waals surface area contributed by atoms with Crippen LogP contribution in [0.1, 0.15) is 18.9 Å². The number of rotatable bonds is 5. The van der Waals surface area contributed by atoms with Gasteiger partial charge in [-0.2, -0.15) is 0 Å².